The van der Waals surface area contributed by atoms with Crippen molar-refractivity contribution in [2.45, 2.75) is 30.4 Å². The first-order valence-corrected chi connectivity index (χ1v) is 12.0. The number of benzene rings is 2. The molecule has 5 rings (SSSR count). The van der Waals surface area contributed by atoms with Crippen LogP contribution in [0, 0.1) is 5.82 Å². The lowest BCUT2D eigenvalue weighted by molar-refractivity contribution is -0.149. The van der Waals surface area contributed by atoms with Gasteiger partial charge in [-0.2, -0.15) is 4.31 Å². The lowest BCUT2D eigenvalue weighted by Gasteiger charge is -2.22. The van der Waals surface area contributed by atoms with Crippen LogP contribution in [0.4, 0.5) is 4.39 Å². The third-order valence-corrected chi connectivity index (χ3v) is 7.88. The molecular weight excluding hydrogens is 465 g/mol. The molecule has 0 saturated carbocycles. The smallest absolute Gasteiger partial charge is 0.324 e. The normalized spacial score (nSPS) is 16.9. The fourth-order valence-electron chi connectivity index (χ4n) is 4.26. The molecule has 0 N–H and O–H groups in total. The van der Waals surface area contributed by atoms with Gasteiger partial charge < -0.3 is 4.74 Å². The van der Waals surface area contributed by atoms with Gasteiger partial charge in [-0.3, -0.25) is 18.6 Å². The molecular formula is C22H20FN5O5S. The first-order chi connectivity index (χ1) is 16.3. The number of sulfonamides is 1. The van der Waals surface area contributed by atoms with Crippen molar-refractivity contribution in [1.29, 1.82) is 0 Å². The van der Waals surface area contributed by atoms with Crippen molar-refractivity contribution >= 4 is 32.7 Å². The maximum Gasteiger partial charge on any atom is 0.324 e. The third-order valence-electron chi connectivity index (χ3n) is 5.94. The largest absolute Gasteiger partial charge is 0.456 e. The van der Waals surface area contributed by atoms with Crippen LogP contribution in [-0.4, -0.2) is 50.4 Å². The van der Waals surface area contributed by atoms with Crippen molar-refractivity contribution in [3.8, 4) is 0 Å². The second-order valence-electron chi connectivity index (χ2n) is 7.94. The van der Waals surface area contributed by atoms with Crippen LogP contribution >= 0.6 is 0 Å². The lowest BCUT2D eigenvalue weighted by atomic mass is 10.2. The summed E-state index contributed by atoms with van der Waals surface area (Å²) in [4.78, 5) is 25.0. The Bertz CT molecular complexity index is 1600. The first-order valence-electron chi connectivity index (χ1n) is 10.6. The minimum Gasteiger partial charge on any atom is -0.456 e. The number of carbonyl (C=O) groups excluding carboxylic acids is 1. The number of ether oxygens (including phenoxy) is 1. The Morgan fingerprint density at radius 2 is 1.88 bits per heavy atom. The first kappa shape index (κ1) is 22.2. The molecule has 2 aromatic heterocycles. The number of nitrogens with zero attached hydrogens (tertiary/aromatic N) is 5. The summed E-state index contributed by atoms with van der Waals surface area (Å²) in [6.45, 7) is -0.205. The minimum absolute atomic E-state index is 0.0804. The summed E-state index contributed by atoms with van der Waals surface area (Å²) >= 11 is 0. The molecule has 34 heavy (non-hydrogen) atoms. The van der Waals surface area contributed by atoms with E-state index in [1.165, 1.54) is 22.8 Å². The number of aromatic nitrogens is 4. The van der Waals surface area contributed by atoms with Gasteiger partial charge in [0.1, 0.15) is 16.8 Å². The Labute approximate surface area is 193 Å². The predicted molar refractivity (Wildman–Crippen MR) is 119 cm³/mol. The van der Waals surface area contributed by atoms with E-state index >= 15 is 0 Å². The molecule has 1 atom stereocenters. The second-order valence-corrected chi connectivity index (χ2v) is 9.80. The van der Waals surface area contributed by atoms with E-state index in [0.717, 1.165) is 10.4 Å². The Balaban J connectivity index is 1.43. The van der Waals surface area contributed by atoms with Crippen molar-refractivity contribution in [2.24, 2.45) is 7.05 Å². The predicted octanol–water partition coefficient (Wildman–Crippen LogP) is 1.62. The monoisotopic (exact) mass is 485 g/mol. The molecule has 1 fully saturated rings. The van der Waals surface area contributed by atoms with Crippen LogP contribution in [0.3, 0.4) is 0 Å². The molecule has 0 spiro atoms. The molecule has 1 saturated heterocycles. The summed E-state index contributed by atoms with van der Waals surface area (Å²) < 4.78 is 49.6. The highest BCUT2D eigenvalue weighted by Gasteiger charge is 2.41. The van der Waals surface area contributed by atoms with Gasteiger partial charge in [0.15, 0.2) is 12.4 Å². The van der Waals surface area contributed by atoms with Crippen molar-refractivity contribution < 1.29 is 22.3 Å². The topological polar surface area (TPSA) is 116 Å². The van der Waals surface area contributed by atoms with Gasteiger partial charge in [0.05, 0.1) is 10.9 Å². The van der Waals surface area contributed by atoms with Crippen LogP contribution in [-0.2, 0) is 33.2 Å². The van der Waals surface area contributed by atoms with Gasteiger partial charge in [0, 0.05) is 13.6 Å². The van der Waals surface area contributed by atoms with Crippen molar-refractivity contribution in [3.05, 3.63) is 70.5 Å². The van der Waals surface area contributed by atoms with Gasteiger partial charge in [-0.1, -0.05) is 24.3 Å². The van der Waals surface area contributed by atoms with Gasteiger partial charge in [-0.15, -0.1) is 10.2 Å². The zero-order valence-electron chi connectivity index (χ0n) is 18.1. The van der Waals surface area contributed by atoms with Crippen molar-refractivity contribution in [1.82, 2.24) is 23.5 Å². The van der Waals surface area contributed by atoms with E-state index in [1.807, 2.05) is 0 Å². The van der Waals surface area contributed by atoms with Crippen LogP contribution in [0.25, 0.3) is 16.7 Å². The van der Waals surface area contributed by atoms with Crippen LogP contribution in [0.5, 0.6) is 0 Å². The molecule has 0 bridgehead atoms. The highest BCUT2D eigenvalue weighted by Crippen LogP contribution is 2.28. The molecule has 12 heteroatoms. The number of carbonyl (C=O) groups is 1. The van der Waals surface area contributed by atoms with Gasteiger partial charge in [-0.05, 0) is 37.1 Å². The fraction of sp³-hybridized carbons (Fsp3) is 0.273. The van der Waals surface area contributed by atoms with Gasteiger partial charge in [-0.25, -0.2) is 12.8 Å². The van der Waals surface area contributed by atoms with Crippen molar-refractivity contribution in [3.63, 3.8) is 0 Å². The van der Waals surface area contributed by atoms with Gasteiger partial charge >= 0.3 is 5.97 Å². The number of rotatable bonds is 5. The molecule has 176 valence electrons. The molecule has 2 aromatic carbocycles. The number of fused-ring (bicyclic) bond motifs is 3. The average Bonchev–Trinajstić information content (AvgIpc) is 3.49. The van der Waals surface area contributed by atoms with E-state index in [2.05, 4.69) is 10.2 Å². The summed E-state index contributed by atoms with van der Waals surface area (Å²) in [5, 5.41) is 8.56. The fourth-order valence-corrected chi connectivity index (χ4v) is 5.97. The summed E-state index contributed by atoms with van der Waals surface area (Å²) in [6, 6.07) is 10.9. The second kappa shape index (κ2) is 8.29. The molecule has 1 aliphatic heterocycles. The molecule has 10 nitrogen and oxygen atoms in total. The van der Waals surface area contributed by atoms with E-state index in [4.69, 9.17) is 4.74 Å². The number of hydrogen-bond acceptors (Lipinski definition) is 7. The highest BCUT2D eigenvalue weighted by atomic mass is 32.2. The zero-order valence-corrected chi connectivity index (χ0v) is 18.9. The molecule has 0 radical (unpaired) electrons. The van der Waals surface area contributed by atoms with E-state index in [9.17, 15) is 22.4 Å². The van der Waals surface area contributed by atoms with Crippen LogP contribution < -0.4 is 5.56 Å². The summed E-state index contributed by atoms with van der Waals surface area (Å²) in [5.41, 5.74) is 0.320. The van der Waals surface area contributed by atoms with Crippen LogP contribution in [0.1, 0.15) is 18.7 Å². The number of esters is 1. The molecule has 0 unspecified atom stereocenters. The SMILES string of the molecule is Cn1c(=O)c2ccccc2n2c(COC(=O)[C@@H]3CCCN3S(=O)(=O)c3ccccc3F)nnc12. The number of para-hydroxylation sites is 1. The zero-order chi connectivity index (χ0) is 24.0. The van der Waals surface area contributed by atoms with E-state index < -0.39 is 32.7 Å². The van der Waals surface area contributed by atoms with Crippen LogP contribution in [0.15, 0.2) is 58.2 Å². The molecule has 0 aliphatic carbocycles. The maximum atomic E-state index is 14.2. The van der Waals surface area contributed by atoms with E-state index in [0.29, 0.717) is 17.3 Å². The molecule has 1 aliphatic rings. The third kappa shape index (κ3) is 3.46. The minimum atomic E-state index is -4.22. The number of hydrogen-bond donors (Lipinski definition) is 0. The molecule has 4 aromatic rings. The van der Waals surface area contributed by atoms with E-state index in [1.54, 1.807) is 35.7 Å². The quantitative estimate of drug-likeness (QED) is 0.395. The number of halogens is 1. The standard InChI is InChI=1S/C22H20FN5O5S/c1-26-20(29)14-7-2-4-9-16(14)28-19(24-25-22(26)28)13-33-21(30)17-10-6-12-27(17)34(31,32)18-11-5-3-8-15(18)23/h2-5,7-9,11,17H,6,10,12-13H2,1H3/t17-/m0/s1. The number of aryl methyl sites for hydroxylation is 1. The molecule has 0 amide bonds. The molecule has 3 heterocycles. The van der Waals surface area contributed by atoms with E-state index in [-0.39, 0.29) is 36.7 Å². The summed E-state index contributed by atoms with van der Waals surface area (Å²) in [6.07, 6.45) is 0.693. The maximum absolute atomic E-state index is 14.2. The lowest BCUT2D eigenvalue weighted by Crippen LogP contribution is -2.41. The van der Waals surface area contributed by atoms with Crippen molar-refractivity contribution in [2.75, 3.05) is 6.54 Å². The average molecular weight is 485 g/mol. The summed E-state index contributed by atoms with van der Waals surface area (Å²) in [7, 11) is -2.66. The Kier molecular flexibility index (Phi) is 5.41. The Morgan fingerprint density at radius 3 is 2.68 bits per heavy atom. The highest BCUT2D eigenvalue weighted by molar-refractivity contribution is 7.89. The Hall–Kier alpha value is -3.64. The van der Waals surface area contributed by atoms with Gasteiger partial charge in [0.2, 0.25) is 15.8 Å². The Morgan fingerprint density at radius 1 is 1.15 bits per heavy atom. The summed E-state index contributed by atoms with van der Waals surface area (Å²) in [5.74, 6) is -1.09. The van der Waals surface area contributed by atoms with Crippen LogP contribution in [0.2, 0.25) is 0 Å². The van der Waals surface area contributed by atoms with Gasteiger partial charge in [0.25, 0.3) is 5.56 Å².